The van der Waals surface area contributed by atoms with Crippen LogP contribution >= 0.6 is 34.9 Å². The normalized spacial score (nSPS) is 12.6. The van der Waals surface area contributed by atoms with Crippen LogP contribution in [0.2, 0.25) is 10.0 Å². The molecule has 2 aromatic rings. The van der Waals surface area contributed by atoms with Crippen LogP contribution in [0.25, 0.3) is 0 Å². The number of halogens is 2. The van der Waals surface area contributed by atoms with E-state index < -0.39 is 0 Å². The van der Waals surface area contributed by atoms with E-state index in [1.54, 1.807) is 18.3 Å². The molecule has 18 heavy (non-hydrogen) atoms. The molecular formula is C12H13Cl2N3S. The molecule has 0 saturated heterocycles. The van der Waals surface area contributed by atoms with Gasteiger partial charge in [0.15, 0.2) is 0 Å². The van der Waals surface area contributed by atoms with Gasteiger partial charge < -0.3 is 5.32 Å². The Morgan fingerprint density at radius 1 is 1.39 bits per heavy atom. The second kappa shape index (κ2) is 6.48. The van der Waals surface area contributed by atoms with Crippen LogP contribution in [0.5, 0.6) is 0 Å². The highest BCUT2D eigenvalue weighted by Gasteiger charge is 2.19. The smallest absolute Gasteiger partial charge is 0.0958 e. The minimum absolute atomic E-state index is 0.0603. The quantitative estimate of drug-likeness (QED) is 0.909. The molecule has 1 heterocycles. The molecule has 1 atom stereocenters. The number of nitrogens with zero attached hydrogens (tertiary/aromatic N) is 2. The summed E-state index contributed by atoms with van der Waals surface area (Å²) >= 11 is 13.5. The lowest BCUT2D eigenvalue weighted by molar-refractivity contribution is 0.590. The van der Waals surface area contributed by atoms with Crippen molar-refractivity contribution in [3.63, 3.8) is 0 Å². The summed E-state index contributed by atoms with van der Waals surface area (Å²) in [4.78, 5) is 0. The van der Waals surface area contributed by atoms with Crippen LogP contribution in [-0.4, -0.2) is 15.3 Å². The third kappa shape index (κ3) is 3.20. The maximum Gasteiger partial charge on any atom is 0.0958 e. The predicted octanol–water partition coefficient (Wildman–Crippen LogP) is 3.93. The molecule has 0 bridgehead atoms. The molecule has 1 aromatic heterocycles. The summed E-state index contributed by atoms with van der Waals surface area (Å²) in [7, 11) is 0. The van der Waals surface area contributed by atoms with Gasteiger partial charge >= 0.3 is 0 Å². The first-order valence-corrected chi connectivity index (χ1v) is 7.16. The highest BCUT2D eigenvalue weighted by atomic mass is 35.5. The number of nitrogens with one attached hydrogen (secondary N) is 1. The van der Waals surface area contributed by atoms with Crippen LogP contribution in [-0.2, 0) is 0 Å². The van der Waals surface area contributed by atoms with E-state index in [2.05, 4.69) is 21.0 Å². The SMILES string of the molecule is CCCNC(c1cnsn1)c1cc(Cl)ccc1Cl. The molecule has 0 radical (unpaired) electrons. The molecule has 0 saturated carbocycles. The molecule has 0 aliphatic carbocycles. The van der Waals surface area contributed by atoms with Crippen LogP contribution < -0.4 is 5.32 Å². The molecule has 0 spiro atoms. The summed E-state index contributed by atoms with van der Waals surface area (Å²) in [5.41, 5.74) is 1.81. The standard InChI is InChI=1S/C12H13Cl2N3S/c1-2-5-15-12(11-7-16-18-17-11)9-6-8(13)3-4-10(9)14/h3-4,6-7,12,15H,2,5H2,1H3. The van der Waals surface area contributed by atoms with Crippen LogP contribution in [0.3, 0.4) is 0 Å². The Morgan fingerprint density at radius 2 is 2.22 bits per heavy atom. The molecule has 2 rings (SSSR count). The first-order valence-electron chi connectivity index (χ1n) is 5.68. The summed E-state index contributed by atoms with van der Waals surface area (Å²) in [5.74, 6) is 0. The van der Waals surface area contributed by atoms with Gasteiger partial charge in [0.2, 0.25) is 0 Å². The molecule has 0 amide bonds. The molecule has 0 aliphatic heterocycles. The van der Waals surface area contributed by atoms with Crippen molar-refractivity contribution in [3.05, 3.63) is 45.7 Å². The molecule has 1 N–H and O–H groups in total. The molecule has 96 valence electrons. The number of hydrogen-bond acceptors (Lipinski definition) is 4. The van der Waals surface area contributed by atoms with Crippen molar-refractivity contribution in [1.82, 2.24) is 14.1 Å². The van der Waals surface area contributed by atoms with Gasteiger partial charge in [-0.15, -0.1) is 0 Å². The summed E-state index contributed by atoms with van der Waals surface area (Å²) in [6.07, 6.45) is 2.79. The van der Waals surface area contributed by atoms with Crippen LogP contribution in [0.1, 0.15) is 30.6 Å². The van der Waals surface area contributed by atoms with Crippen LogP contribution in [0.4, 0.5) is 0 Å². The molecular weight excluding hydrogens is 289 g/mol. The Morgan fingerprint density at radius 3 is 2.89 bits per heavy atom. The second-order valence-corrected chi connectivity index (χ2v) is 5.29. The molecule has 0 fully saturated rings. The summed E-state index contributed by atoms with van der Waals surface area (Å²) in [6.45, 7) is 2.99. The molecule has 1 unspecified atom stereocenters. The largest absolute Gasteiger partial charge is 0.305 e. The van der Waals surface area contributed by atoms with E-state index in [1.807, 2.05) is 6.07 Å². The zero-order chi connectivity index (χ0) is 13.0. The average molecular weight is 302 g/mol. The average Bonchev–Trinajstić information content (AvgIpc) is 2.88. The Balaban J connectivity index is 2.36. The Hall–Kier alpha value is -0.680. The minimum atomic E-state index is -0.0603. The second-order valence-electron chi connectivity index (χ2n) is 3.89. The van der Waals surface area contributed by atoms with Crippen molar-refractivity contribution in [1.29, 1.82) is 0 Å². The predicted molar refractivity (Wildman–Crippen MR) is 76.5 cm³/mol. The lowest BCUT2D eigenvalue weighted by Crippen LogP contribution is -2.23. The van der Waals surface area contributed by atoms with E-state index >= 15 is 0 Å². The Bertz CT molecular complexity index is 502. The third-order valence-electron chi connectivity index (χ3n) is 2.54. The van der Waals surface area contributed by atoms with Gasteiger partial charge in [0, 0.05) is 10.0 Å². The lowest BCUT2D eigenvalue weighted by atomic mass is 10.0. The summed E-state index contributed by atoms with van der Waals surface area (Å²) in [5, 5.41) is 4.77. The van der Waals surface area contributed by atoms with Gasteiger partial charge in [0.25, 0.3) is 0 Å². The van der Waals surface area contributed by atoms with Gasteiger partial charge in [-0.2, -0.15) is 8.75 Å². The maximum absolute atomic E-state index is 6.24. The first kappa shape index (κ1) is 13.7. The van der Waals surface area contributed by atoms with Gasteiger partial charge in [-0.25, -0.2) is 0 Å². The van der Waals surface area contributed by atoms with Crippen molar-refractivity contribution >= 4 is 34.9 Å². The number of benzene rings is 1. The van der Waals surface area contributed by atoms with Gasteiger partial charge in [0.05, 0.1) is 29.7 Å². The van der Waals surface area contributed by atoms with Gasteiger partial charge in [-0.1, -0.05) is 30.1 Å². The topological polar surface area (TPSA) is 37.8 Å². The highest BCUT2D eigenvalue weighted by Crippen LogP contribution is 2.30. The van der Waals surface area contributed by atoms with Crippen LogP contribution in [0.15, 0.2) is 24.4 Å². The molecule has 1 aromatic carbocycles. The third-order valence-corrected chi connectivity index (χ3v) is 3.61. The lowest BCUT2D eigenvalue weighted by Gasteiger charge is -2.18. The monoisotopic (exact) mass is 301 g/mol. The zero-order valence-electron chi connectivity index (χ0n) is 9.86. The van der Waals surface area contributed by atoms with Crippen molar-refractivity contribution in [3.8, 4) is 0 Å². The van der Waals surface area contributed by atoms with E-state index in [9.17, 15) is 0 Å². The van der Waals surface area contributed by atoms with Crippen LogP contribution in [0, 0.1) is 0 Å². The molecule has 3 nitrogen and oxygen atoms in total. The summed E-state index contributed by atoms with van der Waals surface area (Å²) in [6, 6.07) is 5.40. The summed E-state index contributed by atoms with van der Waals surface area (Å²) < 4.78 is 8.33. The van der Waals surface area contributed by atoms with E-state index in [0.29, 0.717) is 10.0 Å². The zero-order valence-corrected chi connectivity index (χ0v) is 12.2. The van der Waals surface area contributed by atoms with E-state index in [-0.39, 0.29) is 6.04 Å². The highest BCUT2D eigenvalue weighted by molar-refractivity contribution is 6.99. The fraction of sp³-hybridized carbons (Fsp3) is 0.333. The van der Waals surface area contributed by atoms with Crippen molar-refractivity contribution in [2.75, 3.05) is 6.54 Å². The van der Waals surface area contributed by atoms with Crippen molar-refractivity contribution < 1.29 is 0 Å². The maximum atomic E-state index is 6.24. The van der Waals surface area contributed by atoms with E-state index in [1.165, 1.54) is 11.7 Å². The van der Waals surface area contributed by atoms with E-state index in [4.69, 9.17) is 23.2 Å². The van der Waals surface area contributed by atoms with Crippen molar-refractivity contribution in [2.24, 2.45) is 0 Å². The molecule has 6 heteroatoms. The number of hydrogen-bond donors (Lipinski definition) is 1. The van der Waals surface area contributed by atoms with Crippen molar-refractivity contribution in [2.45, 2.75) is 19.4 Å². The fourth-order valence-corrected chi connectivity index (χ4v) is 2.55. The van der Waals surface area contributed by atoms with E-state index in [0.717, 1.165) is 24.2 Å². The Labute approximate surface area is 120 Å². The first-order chi connectivity index (χ1) is 8.72. The minimum Gasteiger partial charge on any atom is -0.305 e. The van der Waals surface area contributed by atoms with Gasteiger partial charge in [0.1, 0.15) is 0 Å². The number of rotatable bonds is 5. The fourth-order valence-electron chi connectivity index (χ4n) is 1.70. The van der Waals surface area contributed by atoms with Gasteiger partial charge in [-0.3, -0.25) is 0 Å². The van der Waals surface area contributed by atoms with Gasteiger partial charge in [-0.05, 0) is 36.7 Å². The number of aromatic nitrogens is 2. The molecule has 0 aliphatic rings. The Kier molecular flexibility index (Phi) is 4.95.